The van der Waals surface area contributed by atoms with Crippen LogP contribution in [0.25, 0.3) is 10.9 Å². The van der Waals surface area contributed by atoms with Crippen molar-refractivity contribution < 1.29 is 9.53 Å². The Labute approximate surface area is 158 Å². The molecule has 1 amide bonds. The summed E-state index contributed by atoms with van der Waals surface area (Å²) in [6, 6.07) is 10.4. The van der Waals surface area contributed by atoms with Gasteiger partial charge in [0.15, 0.2) is 0 Å². The number of hydrogen-bond donors (Lipinski definition) is 1. The van der Waals surface area contributed by atoms with Crippen LogP contribution in [0.2, 0.25) is 0 Å². The van der Waals surface area contributed by atoms with Crippen molar-refractivity contribution in [3.63, 3.8) is 0 Å². The molecule has 6 heteroatoms. The summed E-state index contributed by atoms with van der Waals surface area (Å²) in [6.07, 6.45) is 4.11. The van der Waals surface area contributed by atoms with Crippen LogP contribution in [0.5, 0.6) is 6.01 Å². The number of para-hydroxylation sites is 1. The quantitative estimate of drug-likeness (QED) is 0.772. The van der Waals surface area contributed by atoms with Crippen molar-refractivity contribution in [2.75, 3.05) is 13.1 Å². The normalized spacial score (nSPS) is 17.3. The van der Waals surface area contributed by atoms with Crippen LogP contribution in [0.4, 0.5) is 0 Å². The highest BCUT2D eigenvalue weighted by Crippen LogP contribution is 2.21. The first-order valence-corrected chi connectivity index (χ1v) is 9.40. The number of aromatic nitrogens is 3. The van der Waals surface area contributed by atoms with Gasteiger partial charge in [-0.05, 0) is 44.4 Å². The van der Waals surface area contributed by atoms with E-state index in [4.69, 9.17) is 4.74 Å². The molecule has 6 nitrogen and oxygen atoms in total. The number of amides is 1. The van der Waals surface area contributed by atoms with Gasteiger partial charge in [0.05, 0.1) is 13.0 Å². The summed E-state index contributed by atoms with van der Waals surface area (Å²) in [4.78, 5) is 26.7. The molecular formula is C21H24N4O2. The minimum Gasteiger partial charge on any atom is -0.458 e. The van der Waals surface area contributed by atoms with Gasteiger partial charge in [-0.15, -0.1) is 0 Å². The number of H-pyrrole nitrogens is 1. The molecule has 0 saturated carbocycles. The van der Waals surface area contributed by atoms with Crippen LogP contribution in [-0.4, -0.2) is 45.0 Å². The average molecular weight is 364 g/mol. The Morgan fingerprint density at radius 1 is 1.26 bits per heavy atom. The molecule has 1 saturated heterocycles. The number of hydrogen-bond acceptors (Lipinski definition) is 4. The van der Waals surface area contributed by atoms with Crippen LogP contribution < -0.4 is 4.74 Å². The molecule has 0 spiro atoms. The largest absolute Gasteiger partial charge is 0.458 e. The fourth-order valence-corrected chi connectivity index (χ4v) is 3.71. The molecule has 0 aliphatic carbocycles. The number of carbonyl (C=O) groups excluding carboxylic acids is 1. The second-order valence-corrected chi connectivity index (χ2v) is 7.19. The van der Waals surface area contributed by atoms with Crippen LogP contribution in [-0.2, 0) is 11.2 Å². The number of nitrogens with one attached hydrogen (secondary N) is 1. The van der Waals surface area contributed by atoms with Crippen LogP contribution in [0.1, 0.15) is 29.8 Å². The second kappa shape index (κ2) is 7.39. The minimum absolute atomic E-state index is 0.0631. The Morgan fingerprint density at radius 2 is 2.04 bits per heavy atom. The zero-order chi connectivity index (χ0) is 18.8. The molecule has 2 aromatic heterocycles. The van der Waals surface area contributed by atoms with E-state index in [1.54, 1.807) is 0 Å². The van der Waals surface area contributed by atoms with Crippen LogP contribution in [0.15, 0.2) is 36.5 Å². The Bertz CT molecular complexity index is 945. The van der Waals surface area contributed by atoms with E-state index in [1.165, 1.54) is 0 Å². The van der Waals surface area contributed by atoms with Crippen LogP contribution >= 0.6 is 0 Å². The molecular weight excluding hydrogens is 340 g/mol. The monoisotopic (exact) mass is 364 g/mol. The van der Waals surface area contributed by atoms with Crippen molar-refractivity contribution in [2.45, 2.75) is 39.2 Å². The lowest BCUT2D eigenvalue weighted by molar-refractivity contribution is -0.133. The van der Waals surface area contributed by atoms with Crippen LogP contribution in [0.3, 0.4) is 0 Å². The lowest BCUT2D eigenvalue weighted by atomic mass is 10.1. The molecule has 4 rings (SSSR count). The molecule has 140 valence electrons. The summed E-state index contributed by atoms with van der Waals surface area (Å²) in [7, 11) is 0. The van der Waals surface area contributed by atoms with Gasteiger partial charge in [-0.3, -0.25) is 4.79 Å². The maximum Gasteiger partial charge on any atom is 0.317 e. The topological polar surface area (TPSA) is 71.1 Å². The first-order chi connectivity index (χ1) is 13.1. The second-order valence-electron chi connectivity index (χ2n) is 7.19. The molecule has 1 N–H and O–H groups in total. The number of benzene rings is 1. The molecule has 1 aromatic carbocycles. The molecule has 1 aliphatic heterocycles. The van der Waals surface area contributed by atoms with Crippen LogP contribution in [0, 0.1) is 13.8 Å². The Balaban J connectivity index is 1.42. The summed E-state index contributed by atoms with van der Waals surface area (Å²) >= 11 is 0. The van der Waals surface area contributed by atoms with Crippen molar-refractivity contribution in [3.8, 4) is 6.01 Å². The smallest absolute Gasteiger partial charge is 0.317 e. The lowest BCUT2D eigenvalue weighted by Crippen LogP contribution is -2.45. The van der Waals surface area contributed by atoms with Crippen molar-refractivity contribution >= 4 is 16.8 Å². The molecule has 0 bridgehead atoms. The van der Waals surface area contributed by atoms with Gasteiger partial charge in [0.1, 0.15) is 6.10 Å². The van der Waals surface area contributed by atoms with Crippen molar-refractivity contribution in [2.24, 2.45) is 0 Å². The summed E-state index contributed by atoms with van der Waals surface area (Å²) in [5, 5.41) is 1.11. The molecule has 3 aromatic rings. The highest BCUT2D eigenvalue weighted by molar-refractivity contribution is 5.88. The molecule has 0 radical (unpaired) electrons. The highest BCUT2D eigenvalue weighted by atomic mass is 16.5. The molecule has 1 aliphatic rings. The van der Waals surface area contributed by atoms with Gasteiger partial charge in [0.25, 0.3) is 0 Å². The number of aryl methyl sites for hydroxylation is 2. The van der Waals surface area contributed by atoms with E-state index in [2.05, 4.69) is 15.0 Å². The molecule has 1 fully saturated rings. The zero-order valence-corrected chi connectivity index (χ0v) is 15.7. The summed E-state index contributed by atoms with van der Waals surface area (Å²) < 4.78 is 5.98. The maximum absolute atomic E-state index is 12.8. The van der Waals surface area contributed by atoms with E-state index in [1.807, 2.05) is 55.3 Å². The van der Waals surface area contributed by atoms with Gasteiger partial charge in [-0.2, -0.15) is 0 Å². The Morgan fingerprint density at radius 3 is 2.85 bits per heavy atom. The third kappa shape index (κ3) is 3.94. The predicted octanol–water partition coefficient (Wildman–Crippen LogP) is 3.19. The fourth-order valence-electron chi connectivity index (χ4n) is 3.71. The summed E-state index contributed by atoms with van der Waals surface area (Å²) in [5.74, 6) is 0.134. The molecule has 1 atom stereocenters. The van der Waals surface area contributed by atoms with E-state index in [0.717, 1.165) is 47.2 Å². The van der Waals surface area contributed by atoms with Gasteiger partial charge in [-0.25, -0.2) is 9.97 Å². The molecule has 3 heterocycles. The number of ether oxygens (including phenoxy) is 1. The van der Waals surface area contributed by atoms with Gasteiger partial charge < -0.3 is 14.6 Å². The van der Waals surface area contributed by atoms with Crippen molar-refractivity contribution in [1.82, 2.24) is 19.9 Å². The van der Waals surface area contributed by atoms with Gasteiger partial charge in [0.2, 0.25) is 5.91 Å². The van der Waals surface area contributed by atoms with E-state index in [9.17, 15) is 4.79 Å². The molecule has 1 unspecified atom stereocenters. The van der Waals surface area contributed by atoms with Gasteiger partial charge in [-0.1, -0.05) is 18.2 Å². The van der Waals surface area contributed by atoms with Crippen molar-refractivity contribution in [1.29, 1.82) is 0 Å². The maximum atomic E-state index is 12.8. The fraction of sp³-hybridized carbons (Fsp3) is 0.381. The van der Waals surface area contributed by atoms with Gasteiger partial charge >= 0.3 is 6.01 Å². The number of rotatable bonds is 4. The summed E-state index contributed by atoms with van der Waals surface area (Å²) in [5.41, 5.74) is 3.88. The number of carbonyl (C=O) groups is 1. The number of piperidine rings is 1. The van der Waals surface area contributed by atoms with Crippen molar-refractivity contribution in [3.05, 3.63) is 53.5 Å². The van der Waals surface area contributed by atoms with Gasteiger partial charge in [0, 0.05) is 35.0 Å². The van der Waals surface area contributed by atoms with E-state index < -0.39 is 0 Å². The molecule has 27 heavy (non-hydrogen) atoms. The first kappa shape index (κ1) is 17.5. The summed E-state index contributed by atoms with van der Waals surface area (Å²) in [6.45, 7) is 5.21. The highest BCUT2D eigenvalue weighted by Gasteiger charge is 2.26. The number of fused-ring (bicyclic) bond motifs is 1. The lowest BCUT2D eigenvalue weighted by Gasteiger charge is -2.32. The van der Waals surface area contributed by atoms with E-state index in [0.29, 0.717) is 19.0 Å². The number of aromatic amines is 1. The SMILES string of the molecule is Cc1cc(C)nc(OC2CCCN(C(=O)Cc3c[nH]c4ccccc34)C2)n1. The third-order valence-corrected chi connectivity index (χ3v) is 4.98. The Kier molecular flexibility index (Phi) is 4.79. The Hall–Kier alpha value is -2.89. The third-order valence-electron chi connectivity index (χ3n) is 4.98. The van der Waals surface area contributed by atoms with E-state index in [-0.39, 0.29) is 12.0 Å². The predicted molar refractivity (Wildman–Crippen MR) is 104 cm³/mol. The van der Waals surface area contributed by atoms with E-state index >= 15 is 0 Å². The number of nitrogens with zero attached hydrogens (tertiary/aromatic N) is 3. The zero-order valence-electron chi connectivity index (χ0n) is 15.7. The average Bonchev–Trinajstić information content (AvgIpc) is 3.04. The first-order valence-electron chi connectivity index (χ1n) is 9.40. The minimum atomic E-state index is -0.0631. The number of likely N-dealkylation sites (tertiary alicyclic amines) is 1. The standard InChI is InChI=1S/C21H24N4O2/c1-14-10-15(2)24-21(23-14)27-17-6-5-9-25(13-17)20(26)11-16-12-22-19-8-4-3-7-18(16)19/h3-4,7-8,10,12,17,22H,5-6,9,11,13H2,1-2H3.